The van der Waals surface area contributed by atoms with Gasteiger partial charge in [0.15, 0.2) is 0 Å². The Balaban J connectivity index is 1.61. The van der Waals surface area contributed by atoms with Gasteiger partial charge < -0.3 is 10.6 Å². The van der Waals surface area contributed by atoms with Gasteiger partial charge in [0.05, 0.1) is 10.6 Å². The smallest absolute Gasteiger partial charge is 0.319 e. The fourth-order valence-electron chi connectivity index (χ4n) is 2.45. The Morgan fingerprint density at radius 2 is 1.79 bits per heavy atom. The van der Waals surface area contributed by atoms with E-state index in [-0.39, 0.29) is 4.90 Å². The Labute approximate surface area is 174 Å². The first kappa shape index (κ1) is 20.6. The van der Waals surface area contributed by atoms with Gasteiger partial charge in [-0.15, -0.1) is 0 Å². The summed E-state index contributed by atoms with van der Waals surface area (Å²) in [4.78, 5) is 16.0. The summed E-state index contributed by atoms with van der Waals surface area (Å²) < 4.78 is 27.5. The van der Waals surface area contributed by atoms with Gasteiger partial charge in [0, 0.05) is 29.6 Å². The summed E-state index contributed by atoms with van der Waals surface area (Å²) in [5.74, 6) is 0. The lowest BCUT2D eigenvalue weighted by molar-refractivity contribution is 0.251. The van der Waals surface area contributed by atoms with Gasteiger partial charge in [-0.1, -0.05) is 23.7 Å². The van der Waals surface area contributed by atoms with E-state index < -0.39 is 16.1 Å². The summed E-state index contributed by atoms with van der Waals surface area (Å²) in [7, 11) is -3.78. The molecule has 0 spiro atoms. The number of pyridine rings is 1. The van der Waals surface area contributed by atoms with E-state index in [4.69, 9.17) is 11.6 Å². The summed E-state index contributed by atoms with van der Waals surface area (Å²) >= 11 is 6.04. The summed E-state index contributed by atoms with van der Waals surface area (Å²) in [6.45, 7) is 2.16. The molecule has 1 aromatic heterocycles. The molecular formula is C20H19ClN4O3S. The number of aryl methyl sites for hydroxylation is 1. The van der Waals surface area contributed by atoms with E-state index in [2.05, 4.69) is 20.3 Å². The molecule has 0 saturated heterocycles. The second kappa shape index (κ2) is 8.93. The molecule has 9 heteroatoms. The monoisotopic (exact) mass is 430 g/mol. The normalized spacial score (nSPS) is 11.0. The first-order chi connectivity index (χ1) is 13.8. The highest BCUT2D eigenvalue weighted by atomic mass is 35.5. The second-order valence-electron chi connectivity index (χ2n) is 6.26. The van der Waals surface area contributed by atoms with Gasteiger partial charge in [-0.05, 0) is 60.5 Å². The molecule has 0 atom stereocenters. The van der Waals surface area contributed by atoms with Crippen LogP contribution in [0.5, 0.6) is 0 Å². The minimum absolute atomic E-state index is 0.0653. The van der Waals surface area contributed by atoms with Crippen molar-refractivity contribution in [3.05, 3.63) is 83.1 Å². The highest BCUT2D eigenvalue weighted by Gasteiger charge is 2.15. The lowest BCUT2D eigenvalue weighted by Crippen LogP contribution is -2.28. The first-order valence-corrected chi connectivity index (χ1v) is 10.5. The fourth-order valence-corrected chi connectivity index (χ4v) is 3.68. The molecule has 0 saturated carbocycles. The maximum absolute atomic E-state index is 12.5. The standard InChI is InChI=1S/C20H19ClN4O3S/c1-14-4-5-17(11-19(14)21)25-29(27,28)18-8-6-16(7-9-18)24-20(26)23-13-15-3-2-10-22-12-15/h2-12,25H,13H2,1H3,(H2,23,24,26). The van der Waals surface area contributed by atoms with Crippen LogP contribution in [0.2, 0.25) is 5.02 Å². The number of carbonyl (C=O) groups is 1. The molecule has 0 aliphatic carbocycles. The van der Waals surface area contributed by atoms with Gasteiger partial charge in [-0.3, -0.25) is 9.71 Å². The largest absolute Gasteiger partial charge is 0.334 e. The van der Waals surface area contributed by atoms with Crippen LogP contribution in [0.1, 0.15) is 11.1 Å². The number of rotatable bonds is 6. The van der Waals surface area contributed by atoms with Crippen LogP contribution in [0.3, 0.4) is 0 Å². The number of urea groups is 1. The van der Waals surface area contributed by atoms with E-state index in [1.165, 1.54) is 24.3 Å². The molecule has 0 bridgehead atoms. The van der Waals surface area contributed by atoms with E-state index in [0.29, 0.717) is 22.9 Å². The topological polar surface area (TPSA) is 100 Å². The van der Waals surface area contributed by atoms with E-state index in [9.17, 15) is 13.2 Å². The van der Waals surface area contributed by atoms with Gasteiger partial charge in [0.25, 0.3) is 10.0 Å². The van der Waals surface area contributed by atoms with Crippen molar-refractivity contribution in [2.45, 2.75) is 18.4 Å². The minimum atomic E-state index is -3.78. The van der Waals surface area contributed by atoms with Gasteiger partial charge in [0.2, 0.25) is 0 Å². The zero-order valence-electron chi connectivity index (χ0n) is 15.5. The molecule has 29 heavy (non-hydrogen) atoms. The van der Waals surface area contributed by atoms with Crippen molar-refractivity contribution in [1.29, 1.82) is 0 Å². The van der Waals surface area contributed by atoms with Crippen molar-refractivity contribution in [3.8, 4) is 0 Å². The van der Waals surface area contributed by atoms with Crippen molar-refractivity contribution in [3.63, 3.8) is 0 Å². The van der Waals surface area contributed by atoms with Crippen LogP contribution in [0, 0.1) is 6.92 Å². The van der Waals surface area contributed by atoms with Crippen LogP contribution in [-0.4, -0.2) is 19.4 Å². The van der Waals surface area contributed by atoms with Crippen molar-refractivity contribution >= 4 is 39.0 Å². The summed E-state index contributed by atoms with van der Waals surface area (Å²) in [6, 6.07) is 14.0. The van der Waals surface area contributed by atoms with Gasteiger partial charge in [-0.25, -0.2) is 13.2 Å². The number of aromatic nitrogens is 1. The number of sulfonamides is 1. The average Bonchev–Trinajstić information content (AvgIpc) is 2.70. The molecule has 3 rings (SSSR count). The van der Waals surface area contributed by atoms with E-state index >= 15 is 0 Å². The van der Waals surface area contributed by atoms with E-state index in [1.54, 1.807) is 36.7 Å². The van der Waals surface area contributed by atoms with E-state index in [0.717, 1.165) is 11.1 Å². The zero-order chi connectivity index (χ0) is 20.9. The number of nitrogens with zero attached hydrogens (tertiary/aromatic N) is 1. The number of anilines is 2. The predicted octanol–water partition coefficient (Wildman–Crippen LogP) is 4.17. The Morgan fingerprint density at radius 3 is 2.45 bits per heavy atom. The van der Waals surface area contributed by atoms with Gasteiger partial charge >= 0.3 is 6.03 Å². The van der Waals surface area contributed by atoms with Crippen LogP contribution in [0.25, 0.3) is 0 Å². The second-order valence-corrected chi connectivity index (χ2v) is 8.35. The van der Waals surface area contributed by atoms with Gasteiger partial charge in [0.1, 0.15) is 0 Å². The number of hydrogen-bond donors (Lipinski definition) is 3. The number of carbonyl (C=O) groups excluding carboxylic acids is 1. The molecule has 0 radical (unpaired) electrons. The minimum Gasteiger partial charge on any atom is -0.334 e. The number of nitrogens with one attached hydrogen (secondary N) is 3. The lowest BCUT2D eigenvalue weighted by atomic mass is 10.2. The number of amides is 2. The fraction of sp³-hybridized carbons (Fsp3) is 0.100. The molecule has 0 fully saturated rings. The van der Waals surface area contributed by atoms with Crippen molar-refractivity contribution < 1.29 is 13.2 Å². The molecule has 3 aromatic rings. The van der Waals surface area contributed by atoms with Crippen LogP contribution in [-0.2, 0) is 16.6 Å². The first-order valence-electron chi connectivity index (χ1n) is 8.66. The molecule has 0 unspecified atom stereocenters. The molecule has 3 N–H and O–H groups in total. The molecule has 0 aliphatic rings. The van der Waals surface area contributed by atoms with Crippen LogP contribution >= 0.6 is 11.6 Å². The third-order valence-electron chi connectivity index (χ3n) is 4.02. The summed E-state index contributed by atoms with van der Waals surface area (Å²) in [5.41, 5.74) is 2.56. The molecule has 2 aromatic carbocycles. The third-order valence-corrected chi connectivity index (χ3v) is 5.83. The highest BCUT2D eigenvalue weighted by Crippen LogP contribution is 2.23. The lowest BCUT2D eigenvalue weighted by Gasteiger charge is -2.11. The van der Waals surface area contributed by atoms with E-state index in [1.807, 2.05) is 13.0 Å². The molecular weight excluding hydrogens is 412 g/mol. The Bertz CT molecular complexity index is 1100. The SMILES string of the molecule is Cc1ccc(NS(=O)(=O)c2ccc(NC(=O)NCc3cccnc3)cc2)cc1Cl. The highest BCUT2D eigenvalue weighted by molar-refractivity contribution is 7.92. The number of benzene rings is 2. The molecule has 0 aliphatic heterocycles. The summed E-state index contributed by atoms with van der Waals surface area (Å²) in [5, 5.41) is 5.83. The third kappa shape index (κ3) is 5.69. The van der Waals surface area contributed by atoms with Crippen molar-refractivity contribution in [1.82, 2.24) is 10.3 Å². The Morgan fingerprint density at radius 1 is 1.07 bits per heavy atom. The quantitative estimate of drug-likeness (QED) is 0.546. The molecule has 150 valence electrons. The van der Waals surface area contributed by atoms with Crippen molar-refractivity contribution in [2.24, 2.45) is 0 Å². The van der Waals surface area contributed by atoms with Gasteiger partial charge in [-0.2, -0.15) is 0 Å². The predicted molar refractivity (Wildman–Crippen MR) is 114 cm³/mol. The summed E-state index contributed by atoms with van der Waals surface area (Å²) in [6.07, 6.45) is 3.32. The maximum atomic E-state index is 12.5. The number of halogens is 1. The molecule has 1 heterocycles. The molecule has 2 amide bonds. The van der Waals surface area contributed by atoms with Crippen LogP contribution in [0.4, 0.5) is 16.2 Å². The Hall–Kier alpha value is -3.10. The van der Waals surface area contributed by atoms with Crippen molar-refractivity contribution in [2.75, 3.05) is 10.0 Å². The zero-order valence-corrected chi connectivity index (χ0v) is 17.1. The Kier molecular flexibility index (Phi) is 6.36. The molecule has 7 nitrogen and oxygen atoms in total. The van der Waals surface area contributed by atoms with Crippen LogP contribution < -0.4 is 15.4 Å². The maximum Gasteiger partial charge on any atom is 0.319 e. The number of hydrogen-bond acceptors (Lipinski definition) is 4. The average molecular weight is 431 g/mol. The van der Waals surface area contributed by atoms with Crippen LogP contribution in [0.15, 0.2) is 71.9 Å².